The molecule has 6 heteroatoms. The van der Waals surface area contributed by atoms with E-state index in [1.807, 2.05) is 18.5 Å². The zero-order valence-electron chi connectivity index (χ0n) is 13.4. The fraction of sp³-hybridized carbons (Fsp3) is 0.733. The van der Waals surface area contributed by atoms with Crippen molar-refractivity contribution in [2.75, 3.05) is 0 Å². The van der Waals surface area contributed by atoms with Crippen LogP contribution in [0.25, 0.3) is 0 Å². The maximum Gasteiger partial charge on any atom is 0.242 e. The fourth-order valence-electron chi connectivity index (χ4n) is 2.85. The third-order valence-corrected chi connectivity index (χ3v) is 5.78. The van der Waals surface area contributed by atoms with Gasteiger partial charge in [-0.2, -0.15) is 0 Å². The molecule has 0 amide bonds. The van der Waals surface area contributed by atoms with Crippen molar-refractivity contribution in [3.8, 4) is 0 Å². The zero-order chi connectivity index (χ0) is 15.7. The molecule has 21 heavy (non-hydrogen) atoms. The molecular formula is C15H27N3O2S. The van der Waals surface area contributed by atoms with E-state index in [1.54, 1.807) is 12.3 Å². The molecule has 2 N–H and O–H groups in total. The molecule has 5 nitrogen and oxygen atoms in total. The third kappa shape index (κ3) is 4.08. The summed E-state index contributed by atoms with van der Waals surface area (Å²) in [5.74, 6) is 0. The summed E-state index contributed by atoms with van der Waals surface area (Å²) in [6.45, 7) is 6.81. The first-order chi connectivity index (χ1) is 9.72. The molecule has 1 fully saturated rings. The molecule has 1 heterocycles. The number of rotatable bonds is 6. The lowest BCUT2D eigenvalue weighted by Gasteiger charge is -2.24. The van der Waals surface area contributed by atoms with Crippen LogP contribution in [0.15, 0.2) is 17.2 Å². The number of nitrogens with zero attached hydrogens (tertiary/aromatic N) is 1. The Bertz CT molecular complexity index is 584. The fourth-order valence-corrected chi connectivity index (χ4v) is 4.41. The van der Waals surface area contributed by atoms with Crippen LogP contribution >= 0.6 is 0 Å². The average molecular weight is 313 g/mol. The van der Waals surface area contributed by atoms with Gasteiger partial charge in [0, 0.05) is 37.1 Å². The number of aromatic nitrogens is 1. The molecule has 0 aliphatic heterocycles. The van der Waals surface area contributed by atoms with Crippen LogP contribution in [0.2, 0.25) is 0 Å². The lowest BCUT2D eigenvalue weighted by atomic mass is 10.0. The Hall–Kier alpha value is -0.850. The molecule has 2 rings (SSSR count). The van der Waals surface area contributed by atoms with E-state index >= 15 is 0 Å². The van der Waals surface area contributed by atoms with Crippen LogP contribution < -0.4 is 10.0 Å². The first kappa shape index (κ1) is 16.5. The van der Waals surface area contributed by atoms with Crippen LogP contribution in [0, 0.1) is 0 Å². The van der Waals surface area contributed by atoms with Crippen LogP contribution in [0.5, 0.6) is 0 Å². The van der Waals surface area contributed by atoms with Crippen LogP contribution in [0.1, 0.15) is 52.1 Å². The standard InChI is InChI=1S/C15H27N3O2S/c1-12(2)16-10-13-9-14(11-18(13)4)21(19,20)17-15(3)7-5-6-8-15/h9,11-12,16-17H,5-8,10H2,1-4H3. The smallest absolute Gasteiger partial charge is 0.242 e. The molecule has 0 atom stereocenters. The summed E-state index contributed by atoms with van der Waals surface area (Å²) in [5.41, 5.74) is 0.686. The molecule has 0 aromatic carbocycles. The van der Waals surface area contributed by atoms with Crippen molar-refractivity contribution in [2.24, 2.45) is 7.05 Å². The number of sulfonamides is 1. The maximum atomic E-state index is 12.6. The molecule has 1 saturated carbocycles. The molecule has 1 aromatic rings. The highest BCUT2D eigenvalue weighted by Gasteiger charge is 2.34. The van der Waals surface area contributed by atoms with Gasteiger partial charge in [-0.05, 0) is 25.8 Å². The lowest BCUT2D eigenvalue weighted by molar-refractivity contribution is 0.427. The minimum Gasteiger partial charge on any atom is -0.352 e. The van der Waals surface area contributed by atoms with Crippen molar-refractivity contribution in [1.29, 1.82) is 0 Å². The normalized spacial score (nSPS) is 18.5. The van der Waals surface area contributed by atoms with Crippen molar-refractivity contribution >= 4 is 10.0 Å². The zero-order valence-corrected chi connectivity index (χ0v) is 14.3. The Balaban J connectivity index is 2.15. The minimum atomic E-state index is -3.44. The molecule has 1 aliphatic rings. The predicted octanol–water partition coefficient (Wildman–Crippen LogP) is 2.13. The summed E-state index contributed by atoms with van der Waals surface area (Å²) in [7, 11) is -1.56. The quantitative estimate of drug-likeness (QED) is 0.846. The number of hydrogen-bond donors (Lipinski definition) is 2. The SMILES string of the molecule is CC(C)NCc1cc(S(=O)(=O)NC2(C)CCCC2)cn1C. The van der Waals surface area contributed by atoms with E-state index in [1.165, 1.54) is 0 Å². The van der Waals surface area contributed by atoms with Gasteiger partial charge in [0.05, 0.1) is 4.90 Å². The molecule has 1 aliphatic carbocycles. The van der Waals surface area contributed by atoms with Crippen LogP contribution in [-0.4, -0.2) is 24.6 Å². The van der Waals surface area contributed by atoms with E-state index in [4.69, 9.17) is 0 Å². The van der Waals surface area contributed by atoms with Gasteiger partial charge in [-0.25, -0.2) is 13.1 Å². The lowest BCUT2D eigenvalue weighted by Crippen LogP contribution is -2.43. The van der Waals surface area contributed by atoms with Crippen LogP contribution in [0.3, 0.4) is 0 Å². The van der Waals surface area contributed by atoms with Gasteiger partial charge < -0.3 is 9.88 Å². The number of aryl methyl sites for hydroxylation is 1. The highest BCUT2D eigenvalue weighted by Crippen LogP contribution is 2.30. The third-order valence-electron chi connectivity index (χ3n) is 4.17. The Morgan fingerprint density at radius 2 is 1.95 bits per heavy atom. The largest absolute Gasteiger partial charge is 0.352 e. The van der Waals surface area contributed by atoms with Gasteiger partial charge in [0.25, 0.3) is 0 Å². The van der Waals surface area contributed by atoms with Gasteiger partial charge in [0.15, 0.2) is 0 Å². The van der Waals surface area contributed by atoms with Gasteiger partial charge in [-0.3, -0.25) is 0 Å². The predicted molar refractivity (Wildman–Crippen MR) is 84.6 cm³/mol. The Morgan fingerprint density at radius 1 is 1.33 bits per heavy atom. The van der Waals surface area contributed by atoms with Gasteiger partial charge in [-0.1, -0.05) is 26.7 Å². The molecule has 0 saturated heterocycles. The number of hydrogen-bond acceptors (Lipinski definition) is 3. The van der Waals surface area contributed by atoms with Crippen LogP contribution in [-0.2, 0) is 23.6 Å². The second-order valence-electron chi connectivity index (χ2n) is 6.69. The van der Waals surface area contributed by atoms with E-state index < -0.39 is 10.0 Å². The summed E-state index contributed by atoms with van der Waals surface area (Å²) in [4.78, 5) is 0.360. The van der Waals surface area contributed by atoms with Crippen molar-refractivity contribution in [1.82, 2.24) is 14.6 Å². The summed E-state index contributed by atoms with van der Waals surface area (Å²) in [6, 6.07) is 2.13. The van der Waals surface area contributed by atoms with E-state index in [2.05, 4.69) is 23.9 Å². The highest BCUT2D eigenvalue weighted by molar-refractivity contribution is 7.89. The Labute approximate surface area is 128 Å². The van der Waals surface area contributed by atoms with Crippen molar-refractivity contribution in [3.05, 3.63) is 18.0 Å². The Morgan fingerprint density at radius 3 is 2.52 bits per heavy atom. The van der Waals surface area contributed by atoms with Gasteiger partial charge >= 0.3 is 0 Å². The molecule has 1 aromatic heterocycles. The second kappa shape index (κ2) is 6.10. The Kier molecular flexibility index (Phi) is 4.80. The minimum absolute atomic E-state index is 0.287. The maximum absolute atomic E-state index is 12.6. The average Bonchev–Trinajstić information content (AvgIpc) is 2.93. The van der Waals surface area contributed by atoms with Crippen LogP contribution in [0.4, 0.5) is 0 Å². The van der Waals surface area contributed by atoms with Gasteiger partial charge in [0.1, 0.15) is 0 Å². The summed E-state index contributed by atoms with van der Waals surface area (Å²) in [5, 5.41) is 3.31. The van der Waals surface area contributed by atoms with Crippen molar-refractivity contribution < 1.29 is 8.42 Å². The van der Waals surface area contributed by atoms with E-state index in [0.717, 1.165) is 31.4 Å². The van der Waals surface area contributed by atoms with E-state index in [0.29, 0.717) is 17.5 Å². The molecule has 120 valence electrons. The number of nitrogens with one attached hydrogen (secondary N) is 2. The topological polar surface area (TPSA) is 63.1 Å². The first-order valence-corrected chi connectivity index (χ1v) is 9.13. The van der Waals surface area contributed by atoms with Gasteiger partial charge in [0.2, 0.25) is 10.0 Å². The second-order valence-corrected chi connectivity index (χ2v) is 8.37. The summed E-state index contributed by atoms with van der Waals surface area (Å²) < 4.78 is 29.9. The van der Waals surface area contributed by atoms with Crippen molar-refractivity contribution in [2.45, 2.75) is 69.5 Å². The molecule has 0 unspecified atom stereocenters. The first-order valence-electron chi connectivity index (χ1n) is 7.64. The molecule has 0 bridgehead atoms. The highest BCUT2D eigenvalue weighted by atomic mass is 32.2. The molecule has 0 spiro atoms. The monoisotopic (exact) mass is 313 g/mol. The van der Waals surface area contributed by atoms with Crippen molar-refractivity contribution in [3.63, 3.8) is 0 Å². The summed E-state index contributed by atoms with van der Waals surface area (Å²) in [6.07, 6.45) is 5.72. The molecular weight excluding hydrogens is 286 g/mol. The molecule has 0 radical (unpaired) electrons. The van der Waals surface area contributed by atoms with Gasteiger partial charge in [-0.15, -0.1) is 0 Å². The summed E-state index contributed by atoms with van der Waals surface area (Å²) >= 11 is 0. The van der Waals surface area contributed by atoms with E-state index in [-0.39, 0.29) is 5.54 Å². The van der Waals surface area contributed by atoms with E-state index in [9.17, 15) is 8.42 Å².